The van der Waals surface area contributed by atoms with Crippen molar-refractivity contribution in [1.82, 2.24) is 9.47 Å². The highest BCUT2D eigenvalue weighted by atomic mass is 32.1. The molecule has 4 nitrogen and oxygen atoms in total. The SMILES string of the molecule is Cc1cc(C(=O)N2CCC(CO)CC2)c(C)n1Cc1cccs1. The van der Waals surface area contributed by atoms with Crippen LogP contribution >= 0.6 is 11.3 Å². The zero-order valence-corrected chi connectivity index (χ0v) is 14.6. The van der Waals surface area contributed by atoms with Crippen molar-refractivity contribution in [1.29, 1.82) is 0 Å². The molecule has 124 valence electrons. The number of amides is 1. The van der Waals surface area contributed by atoms with Crippen LogP contribution < -0.4 is 0 Å². The largest absolute Gasteiger partial charge is 0.396 e. The molecule has 1 aliphatic heterocycles. The molecule has 23 heavy (non-hydrogen) atoms. The Hall–Kier alpha value is -1.59. The minimum atomic E-state index is 0.131. The Bertz CT molecular complexity index is 668. The molecule has 2 aromatic heterocycles. The summed E-state index contributed by atoms with van der Waals surface area (Å²) in [4.78, 5) is 16.1. The number of piperidine rings is 1. The molecule has 1 fully saturated rings. The highest BCUT2D eigenvalue weighted by Gasteiger charge is 2.25. The van der Waals surface area contributed by atoms with Crippen LogP contribution in [0.5, 0.6) is 0 Å². The van der Waals surface area contributed by atoms with Crippen LogP contribution in [0, 0.1) is 19.8 Å². The monoisotopic (exact) mass is 332 g/mol. The molecule has 5 heteroatoms. The second-order valence-corrected chi connectivity index (χ2v) is 7.40. The van der Waals surface area contributed by atoms with Crippen molar-refractivity contribution < 1.29 is 9.90 Å². The fraction of sp³-hybridized carbons (Fsp3) is 0.500. The van der Waals surface area contributed by atoms with E-state index >= 15 is 0 Å². The van der Waals surface area contributed by atoms with Crippen LogP contribution in [0.15, 0.2) is 23.6 Å². The van der Waals surface area contributed by atoms with Gasteiger partial charge in [0, 0.05) is 36.0 Å². The van der Waals surface area contributed by atoms with E-state index < -0.39 is 0 Å². The van der Waals surface area contributed by atoms with E-state index in [9.17, 15) is 9.90 Å². The summed E-state index contributed by atoms with van der Waals surface area (Å²) < 4.78 is 2.22. The summed E-state index contributed by atoms with van der Waals surface area (Å²) in [6, 6.07) is 6.21. The minimum absolute atomic E-state index is 0.131. The van der Waals surface area contributed by atoms with E-state index in [0.29, 0.717) is 5.92 Å². The zero-order chi connectivity index (χ0) is 16.4. The summed E-state index contributed by atoms with van der Waals surface area (Å²) in [6.07, 6.45) is 1.80. The minimum Gasteiger partial charge on any atom is -0.396 e. The molecular formula is C18H24N2O2S. The molecule has 2 aromatic rings. The number of hydrogen-bond acceptors (Lipinski definition) is 3. The topological polar surface area (TPSA) is 45.5 Å². The molecule has 0 aromatic carbocycles. The predicted molar refractivity (Wildman–Crippen MR) is 93.0 cm³/mol. The van der Waals surface area contributed by atoms with Crippen LogP contribution in [-0.2, 0) is 6.54 Å². The Morgan fingerprint density at radius 1 is 1.35 bits per heavy atom. The molecule has 0 spiro atoms. The van der Waals surface area contributed by atoms with E-state index in [2.05, 4.69) is 29.0 Å². The molecule has 0 aliphatic carbocycles. The first kappa shape index (κ1) is 16.3. The highest BCUT2D eigenvalue weighted by Crippen LogP contribution is 2.23. The first-order valence-electron chi connectivity index (χ1n) is 8.19. The quantitative estimate of drug-likeness (QED) is 0.935. The Morgan fingerprint density at radius 2 is 2.09 bits per heavy atom. The number of aliphatic hydroxyl groups excluding tert-OH is 1. The predicted octanol–water partition coefficient (Wildman–Crippen LogP) is 3.06. The maximum Gasteiger partial charge on any atom is 0.255 e. The maximum absolute atomic E-state index is 12.8. The van der Waals surface area contributed by atoms with E-state index in [-0.39, 0.29) is 12.5 Å². The van der Waals surface area contributed by atoms with Crippen molar-refractivity contribution in [2.45, 2.75) is 33.2 Å². The lowest BCUT2D eigenvalue weighted by molar-refractivity contribution is 0.0650. The summed E-state index contributed by atoms with van der Waals surface area (Å²) in [6.45, 7) is 6.66. The Morgan fingerprint density at radius 3 is 2.70 bits per heavy atom. The summed E-state index contributed by atoms with van der Waals surface area (Å²) in [5.74, 6) is 0.484. The molecule has 1 saturated heterocycles. The fourth-order valence-corrected chi connectivity index (χ4v) is 4.00. The molecule has 1 aliphatic rings. The first-order valence-corrected chi connectivity index (χ1v) is 9.07. The van der Waals surface area contributed by atoms with Crippen molar-refractivity contribution in [3.63, 3.8) is 0 Å². The van der Waals surface area contributed by atoms with Crippen molar-refractivity contribution in [2.75, 3.05) is 19.7 Å². The van der Waals surface area contributed by atoms with E-state index in [1.54, 1.807) is 11.3 Å². The maximum atomic E-state index is 12.8. The number of rotatable bonds is 4. The van der Waals surface area contributed by atoms with Crippen LogP contribution in [0.1, 0.15) is 39.5 Å². The summed E-state index contributed by atoms with van der Waals surface area (Å²) in [5, 5.41) is 11.3. The van der Waals surface area contributed by atoms with Gasteiger partial charge in [0.25, 0.3) is 5.91 Å². The lowest BCUT2D eigenvalue weighted by Gasteiger charge is -2.31. The van der Waals surface area contributed by atoms with Crippen molar-refractivity contribution in [3.8, 4) is 0 Å². The number of hydrogen-bond donors (Lipinski definition) is 1. The smallest absolute Gasteiger partial charge is 0.255 e. The van der Waals surface area contributed by atoms with E-state index in [1.807, 2.05) is 17.9 Å². The third kappa shape index (κ3) is 3.35. The Kier molecular flexibility index (Phi) is 4.87. The number of carbonyl (C=O) groups is 1. The van der Waals surface area contributed by atoms with Gasteiger partial charge in [-0.1, -0.05) is 6.07 Å². The number of carbonyl (C=O) groups excluding carboxylic acids is 1. The molecule has 3 heterocycles. The van der Waals surface area contributed by atoms with Gasteiger partial charge in [0.1, 0.15) is 0 Å². The number of nitrogens with zero attached hydrogens (tertiary/aromatic N) is 2. The molecule has 1 N–H and O–H groups in total. The standard InChI is InChI=1S/C18H24N2O2S/c1-13-10-17(14(2)20(13)11-16-4-3-9-23-16)18(22)19-7-5-15(12-21)6-8-19/h3-4,9-10,15,21H,5-8,11-12H2,1-2H3. The second kappa shape index (κ2) is 6.89. The number of aliphatic hydroxyl groups is 1. The third-order valence-electron chi connectivity index (χ3n) is 4.86. The molecule has 0 radical (unpaired) electrons. The molecule has 1 amide bonds. The Labute approximate surface area is 141 Å². The van der Waals surface area contributed by atoms with Gasteiger partial charge in [-0.25, -0.2) is 0 Å². The Balaban J connectivity index is 1.76. The lowest BCUT2D eigenvalue weighted by atomic mass is 9.97. The average Bonchev–Trinajstić information content (AvgIpc) is 3.18. The zero-order valence-electron chi connectivity index (χ0n) is 13.8. The van der Waals surface area contributed by atoms with Gasteiger partial charge < -0.3 is 14.6 Å². The van der Waals surface area contributed by atoms with Crippen LogP contribution in [0.3, 0.4) is 0 Å². The van der Waals surface area contributed by atoms with Gasteiger partial charge in [-0.05, 0) is 50.1 Å². The van der Waals surface area contributed by atoms with Crippen LogP contribution in [-0.4, -0.2) is 40.2 Å². The number of aromatic nitrogens is 1. The third-order valence-corrected chi connectivity index (χ3v) is 5.72. The van der Waals surface area contributed by atoms with E-state index in [0.717, 1.165) is 49.4 Å². The molecular weight excluding hydrogens is 308 g/mol. The number of aryl methyl sites for hydroxylation is 1. The van der Waals surface area contributed by atoms with Crippen molar-refractivity contribution >= 4 is 17.2 Å². The molecule has 0 saturated carbocycles. The van der Waals surface area contributed by atoms with Gasteiger partial charge in [-0.3, -0.25) is 4.79 Å². The van der Waals surface area contributed by atoms with Gasteiger partial charge in [0.2, 0.25) is 0 Å². The summed E-state index contributed by atoms with van der Waals surface area (Å²) >= 11 is 1.74. The van der Waals surface area contributed by atoms with Crippen LogP contribution in [0.25, 0.3) is 0 Å². The second-order valence-electron chi connectivity index (χ2n) is 6.37. The molecule has 0 atom stereocenters. The molecule has 0 bridgehead atoms. The van der Waals surface area contributed by atoms with Crippen molar-refractivity contribution in [2.24, 2.45) is 5.92 Å². The van der Waals surface area contributed by atoms with Gasteiger partial charge in [-0.15, -0.1) is 11.3 Å². The lowest BCUT2D eigenvalue weighted by Crippen LogP contribution is -2.39. The summed E-state index contributed by atoms with van der Waals surface area (Å²) in [5.41, 5.74) is 3.00. The average molecular weight is 332 g/mol. The summed E-state index contributed by atoms with van der Waals surface area (Å²) in [7, 11) is 0. The van der Waals surface area contributed by atoms with Gasteiger partial charge >= 0.3 is 0 Å². The normalized spacial score (nSPS) is 16.0. The molecule has 0 unspecified atom stereocenters. The van der Waals surface area contributed by atoms with Crippen molar-refractivity contribution in [3.05, 3.63) is 45.4 Å². The van der Waals surface area contributed by atoms with Crippen LogP contribution in [0.4, 0.5) is 0 Å². The van der Waals surface area contributed by atoms with Gasteiger partial charge in [0.05, 0.1) is 12.1 Å². The van der Waals surface area contributed by atoms with Crippen LogP contribution in [0.2, 0.25) is 0 Å². The van der Waals surface area contributed by atoms with E-state index in [1.165, 1.54) is 4.88 Å². The first-order chi connectivity index (χ1) is 11.1. The fourth-order valence-electron chi connectivity index (χ4n) is 3.31. The van der Waals surface area contributed by atoms with Gasteiger partial charge in [0.15, 0.2) is 0 Å². The number of thiophene rings is 1. The highest BCUT2D eigenvalue weighted by molar-refractivity contribution is 7.09. The van der Waals surface area contributed by atoms with Gasteiger partial charge in [-0.2, -0.15) is 0 Å². The van der Waals surface area contributed by atoms with E-state index in [4.69, 9.17) is 0 Å². The molecule has 3 rings (SSSR count). The number of likely N-dealkylation sites (tertiary alicyclic amines) is 1.